The van der Waals surface area contributed by atoms with E-state index in [0.29, 0.717) is 19.4 Å². The summed E-state index contributed by atoms with van der Waals surface area (Å²) in [6, 6.07) is 0. The number of amides is 1. The van der Waals surface area contributed by atoms with Crippen molar-refractivity contribution in [3.8, 4) is 0 Å². The first-order valence-electron chi connectivity index (χ1n) is 5.88. The Morgan fingerprint density at radius 3 is 2.31 bits per heavy atom. The third kappa shape index (κ3) is 1.70. The second kappa shape index (κ2) is 4.44. The molecule has 0 aromatic rings. The summed E-state index contributed by atoms with van der Waals surface area (Å²) in [4.78, 5) is 24.2. The van der Waals surface area contributed by atoms with Gasteiger partial charge in [0.1, 0.15) is 5.54 Å². The monoisotopic (exact) mass is 227 g/mol. The lowest BCUT2D eigenvalue weighted by Crippen LogP contribution is -2.64. The van der Waals surface area contributed by atoms with Crippen LogP contribution in [-0.2, 0) is 9.59 Å². The minimum Gasteiger partial charge on any atom is -0.479 e. The standard InChI is InChI=1S/C12H21NO3/c1-4-13(9-14)12(10(15)16)8-6-5-7-11(12,2)3/h9H,4-8H2,1-3H3,(H,15,16). The first-order chi connectivity index (χ1) is 7.42. The molecule has 1 saturated carbocycles. The summed E-state index contributed by atoms with van der Waals surface area (Å²) in [5.74, 6) is -0.869. The van der Waals surface area contributed by atoms with Gasteiger partial charge in [-0.1, -0.05) is 26.7 Å². The van der Waals surface area contributed by atoms with Gasteiger partial charge in [0.25, 0.3) is 0 Å². The normalized spacial score (nSPS) is 28.4. The predicted octanol–water partition coefficient (Wildman–Crippen LogP) is 1.89. The van der Waals surface area contributed by atoms with Gasteiger partial charge in [-0.3, -0.25) is 4.79 Å². The average molecular weight is 227 g/mol. The second-order valence-corrected chi connectivity index (χ2v) is 5.15. The number of hydrogen-bond donors (Lipinski definition) is 1. The first kappa shape index (κ1) is 13.0. The molecule has 92 valence electrons. The van der Waals surface area contributed by atoms with E-state index in [0.717, 1.165) is 19.3 Å². The van der Waals surface area contributed by atoms with E-state index < -0.39 is 11.5 Å². The van der Waals surface area contributed by atoms with Crippen LogP contribution >= 0.6 is 0 Å². The third-order valence-electron chi connectivity index (χ3n) is 4.02. The highest BCUT2D eigenvalue weighted by molar-refractivity contribution is 5.83. The molecule has 16 heavy (non-hydrogen) atoms. The van der Waals surface area contributed by atoms with Crippen molar-refractivity contribution >= 4 is 12.4 Å². The van der Waals surface area contributed by atoms with Crippen LogP contribution in [0.4, 0.5) is 0 Å². The zero-order valence-electron chi connectivity index (χ0n) is 10.3. The molecule has 1 amide bonds. The molecule has 1 N–H and O–H groups in total. The summed E-state index contributed by atoms with van der Waals surface area (Å²) >= 11 is 0. The quantitative estimate of drug-likeness (QED) is 0.746. The van der Waals surface area contributed by atoms with Crippen LogP contribution in [0.1, 0.15) is 46.5 Å². The molecule has 1 rings (SSSR count). The number of carboxylic acids is 1. The molecule has 0 saturated heterocycles. The van der Waals surface area contributed by atoms with Crippen molar-refractivity contribution in [2.75, 3.05) is 6.54 Å². The predicted molar refractivity (Wildman–Crippen MR) is 61.1 cm³/mol. The molecule has 4 nitrogen and oxygen atoms in total. The fourth-order valence-corrected chi connectivity index (χ4v) is 2.98. The number of rotatable bonds is 4. The van der Waals surface area contributed by atoms with Crippen LogP contribution in [0.3, 0.4) is 0 Å². The van der Waals surface area contributed by atoms with Crippen molar-refractivity contribution in [1.82, 2.24) is 4.90 Å². The lowest BCUT2D eigenvalue weighted by molar-refractivity contribution is -0.169. The SMILES string of the molecule is CCN(C=O)C1(C(=O)O)CCCCC1(C)C. The molecule has 0 aromatic heterocycles. The van der Waals surface area contributed by atoms with E-state index in [1.54, 1.807) is 0 Å². The smallest absolute Gasteiger partial charge is 0.330 e. The lowest BCUT2D eigenvalue weighted by atomic mass is 9.62. The van der Waals surface area contributed by atoms with Crippen LogP contribution in [-0.4, -0.2) is 34.5 Å². The molecule has 1 atom stereocenters. The summed E-state index contributed by atoms with van der Waals surface area (Å²) in [6.07, 6.45) is 4.01. The molecular weight excluding hydrogens is 206 g/mol. The van der Waals surface area contributed by atoms with Gasteiger partial charge in [0, 0.05) is 6.54 Å². The zero-order valence-corrected chi connectivity index (χ0v) is 10.3. The highest BCUT2D eigenvalue weighted by Gasteiger charge is 2.55. The van der Waals surface area contributed by atoms with Crippen molar-refractivity contribution in [1.29, 1.82) is 0 Å². The number of hydrogen-bond acceptors (Lipinski definition) is 2. The fraction of sp³-hybridized carbons (Fsp3) is 0.833. The maximum atomic E-state index is 11.7. The maximum Gasteiger partial charge on any atom is 0.330 e. The Balaban J connectivity index is 3.21. The Hall–Kier alpha value is -1.06. The Bertz CT molecular complexity index is 288. The van der Waals surface area contributed by atoms with Gasteiger partial charge in [-0.25, -0.2) is 4.79 Å². The van der Waals surface area contributed by atoms with Crippen molar-refractivity contribution in [3.05, 3.63) is 0 Å². The second-order valence-electron chi connectivity index (χ2n) is 5.15. The van der Waals surface area contributed by atoms with Crippen LogP contribution in [0, 0.1) is 5.41 Å². The summed E-state index contributed by atoms with van der Waals surface area (Å²) in [5, 5.41) is 9.56. The highest BCUT2D eigenvalue weighted by Crippen LogP contribution is 2.47. The van der Waals surface area contributed by atoms with Crippen LogP contribution in [0.5, 0.6) is 0 Å². The van der Waals surface area contributed by atoms with Crippen molar-refractivity contribution in [3.63, 3.8) is 0 Å². The number of carbonyl (C=O) groups excluding carboxylic acids is 1. The largest absolute Gasteiger partial charge is 0.479 e. The topological polar surface area (TPSA) is 57.6 Å². The Labute approximate surface area is 96.6 Å². The van der Waals surface area contributed by atoms with E-state index in [1.165, 1.54) is 4.90 Å². The van der Waals surface area contributed by atoms with E-state index in [9.17, 15) is 14.7 Å². The lowest BCUT2D eigenvalue weighted by Gasteiger charge is -2.51. The van der Waals surface area contributed by atoms with E-state index in [4.69, 9.17) is 0 Å². The maximum absolute atomic E-state index is 11.7. The van der Waals surface area contributed by atoms with Crippen molar-refractivity contribution in [2.24, 2.45) is 5.41 Å². The molecule has 0 spiro atoms. The van der Waals surface area contributed by atoms with Crippen LogP contribution in [0.2, 0.25) is 0 Å². The third-order valence-corrected chi connectivity index (χ3v) is 4.02. The zero-order chi connectivity index (χ0) is 12.4. The molecule has 0 bridgehead atoms. The molecule has 1 fully saturated rings. The Kier molecular flexibility index (Phi) is 3.61. The first-order valence-corrected chi connectivity index (χ1v) is 5.88. The minimum absolute atomic E-state index is 0.367. The summed E-state index contributed by atoms with van der Waals surface area (Å²) in [6.45, 7) is 6.17. The minimum atomic E-state index is -1.03. The average Bonchev–Trinajstić information content (AvgIpc) is 2.21. The number of carbonyl (C=O) groups is 2. The van der Waals surface area contributed by atoms with Gasteiger partial charge in [-0.05, 0) is 25.2 Å². The van der Waals surface area contributed by atoms with Gasteiger partial charge in [-0.15, -0.1) is 0 Å². The van der Waals surface area contributed by atoms with Gasteiger partial charge < -0.3 is 10.0 Å². The molecular formula is C12H21NO3. The van der Waals surface area contributed by atoms with E-state index in [2.05, 4.69) is 0 Å². The van der Waals surface area contributed by atoms with Crippen LogP contribution in [0.25, 0.3) is 0 Å². The van der Waals surface area contributed by atoms with Gasteiger partial charge in [-0.2, -0.15) is 0 Å². The molecule has 0 heterocycles. The van der Waals surface area contributed by atoms with Gasteiger partial charge in [0.05, 0.1) is 0 Å². The Morgan fingerprint density at radius 1 is 1.38 bits per heavy atom. The molecule has 1 unspecified atom stereocenters. The van der Waals surface area contributed by atoms with Gasteiger partial charge in [0.15, 0.2) is 0 Å². The highest BCUT2D eigenvalue weighted by atomic mass is 16.4. The fourth-order valence-electron chi connectivity index (χ4n) is 2.98. The number of aliphatic carboxylic acids is 1. The Morgan fingerprint density at radius 2 is 1.94 bits per heavy atom. The molecule has 0 aliphatic heterocycles. The van der Waals surface area contributed by atoms with Crippen molar-refractivity contribution < 1.29 is 14.7 Å². The number of nitrogens with zero attached hydrogens (tertiary/aromatic N) is 1. The van der Waals surface area contributed by atoms with Crippen molar-refractivity contribution in [2.45, 2.75) is 52.0 Å². The van der Waals surface area contributed by atoms with E-state index in [1.807, 2.05) is 20.8 Å². The van der Waals surface area contributed by atoms with Gasteiger partial charge >= 0.3 is 5.97 Å². The van der Waals surface area contributed by atoms with Crippen LogP contribution in [0.15, 0.2) is 0 Å². The molecule has 4 heteroatoms. The molecule has 1 aliphatic carbocycles. The summed E-state index contributed by atoms with van der Waals surface area (Å²) < 4.78 is 0. The van der Waals surface area contributed by atoms with Crippen LogP contribution < -0.4 is 0 Å². The van der Waals surface area contributed by atoms with E-state index in [-0.39, 0.29) is 5.41 Å². The molecule has 0 radical (unpaired) electrons. The number of likely N-dealkylation sites (N-methyl/N-ethyl adjacent to an activating group) is 1. The summed E-state index contributed by atoms with van der Waals surface area (Å²) in [5.41, 5.74) is -1.39. The molecule has 0 aromatic carbocycles. The number of carboxylic acid groups (broad SMARTS) is 1. The van der Waals surface area contributed by atoms with Gasteiger partial charge in [0.2, 0.25) is 6.41 Å². The summed E-state index contributed by atoms with van der Waals surface area (Å²) in [7, 11) is 0. The van der Waals surface area contributed by atoms with E-state index >= 15 is 0 Å². The molecule has 1 aliphatic rings.